The Labute approximate surface area is 157 Å². The minimum atomic E-state index is -0.0333. The molecule has 0 unspecified atom stereocenters. The predicted molar refractivity (Wildman–Crippen MR) is 108 cm³/mol. The Morgan fingerprint density at radius 3 is 2.77 bits per heavy atom. The molecule has 0 atom stereocenters. The van der Waals surface area contributed by atoms with Crippen molar-refractivity contribution in [1.82, 2.24) is 20.2 Å². The first-order valence-corrected chi connectivity index (χ1v) is 9.40. The number of carbonyl (C=O) groups excluding carboxylic acids is 1. The molecule has 0 aliphatic carbocycles. The molecule has 2 N–H and O–H groups in total. The van der Waals surface area contributed by atoms with Crippen molar-refractivity contribution in [3.05, 3.63) is 42.7 Å². The van der Waals surface area contributed by atoms with Gasteiger partial charge in [0.15, 0.2) is 0 Å². The molecule has 0 saturated carbocycles. The minimum absolute atomic E-state index is 0.0333. The summed E-state index contributed by atoms with van der Waals surface area (Å²) in [6.45, 7) is 1.83. The van der Waals surface area contributed by atoms with E-state index in [9.17, 15) is 4.79 Å². The number of carbonyl (C=O) groups is 1. The minimum Gasteiger partial charge on any atom is -0.360 e. The Morgan fingerprint density at radius 1 is 1.19 bits per heavy atom. The summed E-state index contributed by atoms with van der Waals surface area (Å²) in [5, 5.41) is 6.99. The van der Waals surface area contributed by atoms with Gasteiger partial charge in [0.05, 0.1) is 11.9 Å². The highest BCUT2D eigenvalue weighted by Crippen LogP contribution is 2.34. The van der Waals surface area contributed by atoms with Crippen LogP contribution in [0.5, 0.6) is 0 Å². The average Bonchev–Trinajstić information content (AvgIpc) is 3.09. The highest BCUT2D eigenvalue weighted by molar-refractivity contribution is 7.21. The first-order valence-electron chi connectivity index (χ1n) is 8.59. The number of nitrogens with zero attached hydrogens (tertiary/aromatic N) is 3. The van der Waals surface area contributed by atoms with Gasteiger partial charge >= 0.3 is 0 Å². The van der Waals surface area contributed by atoms with Crippen LogP contribution in [0.1, 0.15) is 6.42 Å². The van der Waals surface area contributed by atoms with Crippen LogP contribution in [0.3, 0.4) is 0 Å². The third-order valence-corrected chi connectivity index (χ3v) is 5.00. The summed E-state index contributed by atoms with van der Waals surface area (Å²) in [4.78, 5) is 24.8. The maximum absolute atomic E-state index is 12.0. The second-order valence-electron chi connectivity index (χ2n) is 6.28. The van der Waals surface area contributed by atoms with Gasteiger partial charge in [0.25, 0.3) is 0 Å². The summed E-state index contributed by atoms with van der Waals surface area (Å²) >= 11 is 1.62. The van der Waals surface area contributed by atoms with Crippen molar-refractivity contribution in [3.8, 4) is 10.4 Å². The molecule has 136 valence electrons. The molecule has 3 rings (SSSR count). The van der Waals surface area contributed by atoms with Gasteiger partial charge in [-0.15, -0.1) is 11.3 Å². The third kappa shape index (κ3) is 4.77. The van der Waals surface area contributed by atoms with E-state index in [1.54, 1.807) is 11.3 Å². The molecule has 0 aliphatic rings. The highest BCUT2D eigenvalue weighted by Gasteiger charge is 2.11. The Morgan fingerprint density at radius 2 is 2.00 bits per heavy atom. The van der Waals surface area contributed by atoms with Gasteiger partial charge in [-0.05, 0) is 38.7 Å². The fourth-order valence-corrected chi connectivity index (χ4v) is 3.60. The van der Waals surface area contributed by atoms with Crippen molar-refractivity contribution in [1.29, 1.82) is 0 Å². The first-order chi connectivity index (χ1) is 12.6. The number of hydrogen-bond donors (Lipinski definition) is 2. The summed E-state index contributed by atoms with van der Waals surface area (Å²) < 4.78 is 0. The number of nitrogens with one attached hydrogen (secondary N) is 2. The zero-order chi connectivity index (χ0) is 18.4. The molecule has 2 heterocycles. The van der Waals surface area contributed by atoms with Gasteiger partial charge in [-0.2, -0.15) is 0 Å². The summed E-state index contributed by atoms with van der Waals surface area (Å²) in [5.41, 5.74) is 1.15. The van der Waals surface area contributed by atoms with Crippen molar-refractivity contribution in [2.75, 3.05) is 39.0 Å². The number of aromatic nitrogens is 2. The van der Waals surface area contributed by atoms with Gasteiger partial charge in [-0.3, -0.25) is 4.79 Å². The van der Waals surface area contributed by atoms with Gasteiger partial charge in [0.2, 0.25) is 5.91 Å². The molecule has 1 amide bonds. The number of hydrogen-bond acceptors (Lipinski definition) is 6. The Balaban J connectivity index is 1.63. The zero-order valence-corrected chi connectivity index (χ0v) is 15.8. The van der Waals surface area contributed by atoms with Crippen LogP contribution in [0.2, 0.25) is 0 Å². The van der Waals surface area contributed by atoms with E-state index < -0.39 is 0 Å². The summed E-state index contributed by atoms with van der Waals surface area (Å²) in [7, 11) is 4.04. The molecule has 0 aliphatic heterocycles. The monoisotopic (exact) mass is 369 g/mol. The Bertz CT molecular complexity index is 863. The Kier molecular flexibility index (Phi) is 6.14. The normalized spacial score (nSPS) is 11.0. The van der Waals surface area contributed by atoms with Crippen LogP contribution >= 0.6 is 11.3 Å². The average molecular weight is 369 g/mol. The van der Waals surface area contributed by atoms with Crippen LogP contribution in [-0.4, -0.2) is 54.5 Å². The van der Waals surface area contributed by atoms with Crippen LogP contribution in [0.15, 0.2) is 42.7 Å². The molecular formula is C19H23N5OS. The molecule has 0 fully saturated rings. The fraction of sp³-hybridized carbons (Fsp3) is 0.316. The number of amides is 1. The van der Waals surface area contributed by atoms with Crippen LogP contribution < -0.4 is 10.6 Å². The highest BCUT2D eigenvalue weighted by atomic mass is 32.1. The maximum atomic E-state index is 12.0. The number of thiophene rings is 1. The van der Waals surface area contributed by atoms with Crippen LogP contribution in [0, 0.1) is 0 Å². The molecule has 0 radical (unpaired) electrons. The quantitative estimate of drug-likeness (QED) is 0.598. The van der Waals surface area contributed by atoms with Gasteiger partial charge in [0, 0.05) is 11.4 Å². The SMILES string of the molecule is CN(C)CCCNC(=O)CNc1ncnc2sc(-c3ccccc3)cc12. The molecule has 0 bridgehead atoms. The van der Waals surface area contributed by atoms with E-state index in [4.69, 9.17) is 0 Å². The lowest BCUT2D eigenvalue weighted by Crippen LogP contribution is -2.32. The van der Waals surface area contributed by atoms with Gasteiger partial charge < -0.3 is 15.5 Å². The van der Waals surface area contributed by atoms with Crippen molar-refractivity contribution >= 4 is 33.3 Å². The third-order valence-electron chi connectivity index (χ3n) is 3.91. The lowest BCUT2D eigenvalue weighted by Gasteiger charge is -2.10. The molecular weight excluding hydrogens is 346 g/mol. The van der Waals surface area contributed by atoms with Crippen LogP contribution in [-0.2, 0) is 4.79 Å². The topological polar surface area (TPSA) is 70.2 Å². The van der Waals surface area contributed by atoms with E-state index in [-0.39, 0.29) is 12.5 Å². The van der Waals surface area contributed by atoms with E-state index in [0.717, 1.165) is 33.6 Å². The van der Waals surface area contributed by atoms with Crippen molar-refractivity contribution < 1.29 is 4.79 Å². The summed E-state index contributed by atoms with van der Waals surface area (Å²) in [6, 6.07) is 12.3. The maximum Gasteiger partial charge on any atom is 0.239 e. The van der Waals surface area contributed by atoms with E-state index in [1.807, 2.05) is 32.3 Å². The van der Waals surface area contributed by atoms with Crippen LogP contribution in [0.4, 0.5) is 5.82 Å². The lowest BCUT2D eigenvalue weighted by atomic mass is 10.2. The summed E-state index contributed by atoms with van der Waals surface area (Å²) in [5.74, 6) is 0.658. The van der Waals surface area contributed by atoms with Crippen molar-refractivity contribution in [3.63, 3.8) is 0 Å². The lowest BCUT2D eigenvalue weighted by molar-refractivity contribution is -0.119. The molecule has 6 nitrogen and oxygen atoms in total. The molecule has 1 aromatic carbocycles. The van der Waals surface area contributed by atoms with Crippen LogP contribution in [0.25, 0.3) is 20.7 Å². The van der Waals surface area contributed by atoms with E-state index in [0.29, 0.717) is 12.4 Å². The van der Waals surface area contributed by atoms with Crippen molar-refractivity contribution in [2.45, 2.75) is 6.42 Å². The van der Waals surface area contributed by atoms with E-state index in [1.165, 1.54) is 6.33 Å². The largest absolute Gasteiger partial charge is 0.360 e. The van der Waals surface area contributed by atoms with E-state index in [2.05, 4.69) is 43.7 Å². The number of fused-ring (bicyclic) bond motifs is 1. The summed E-state index contributed by atoms with van der Waals surface area (Å²) in [6.07, 6.45) is 2.46. The molecule has 26 heavy (non-hydrogen) atoms. The van der Waals surface area contributed by atoms with Gasteiger partial charge in [-0.1, -0.05) is 30.3 Å². The second-order valence-corrected chi connectivity index (χ2v) is 7.31. The molecule has 2 aromatic heterocycles. The molecule has 0 spiro atoms. The Hall–Kier alpha value is -2.51. The number of benzene rings is 1. The standard InChI is InChI=1S/C19H23N5OS/c1-24(2)10-6-9-20-17(25)12-21-18-15-11-16(14-7-4-3-5-8-14)26-19(15)23-13-22-18/h3-5,7-8,11,13H,6,9-10,12H2,1-2H3,(H,20,25)(H,21,22,23). The van der Waals surface area contributed by atoms with Gasteiger partial charge in [0.1, 0.15) is 17.0 Å². The smallest absolute Gasteiger partial charge is 0.239 e. The van der Waals surface area contributed by atoms with Crippen molar-refractivity contribution in [2.24, 2.45) is 0 Å². The fourth-order valence-electron chi connectivity index (χ4n) is 2.59. The first kappa shape index (κ1) is 18.3. The van der Waals surface area contributed by atoms with Gasteiger partial charge in [-0.25, -0.2) is 9.97 Å². The van der Waals surface area contributed by atoms with E-state index >= 15 is 0 Å². The second kappa shape index (κ2) is 8.73. The molecule has 7 heteroatoms. The molecule has 3 aromatic rings. The number of anilines is 1. The molecule has 0 saturated heterocycles. The number of rotatable bonds is 8. The zero-order valence-electron chi connectivity index (χ0n) is 15.0. The predicted octanol–water partition coefficient (Wildman–Crippen LogP) is 2.84.